The first-order valence-corrected chi connectivity index (χ1v) is 7.58. The quantitative estimate of drug-likeness (QED) is 0.686. The first kappa shape index (κ1) is 16.8. The predicted octanol–water partition coefficient (Wildman–Crippen LogP) is 0.00540. The summed E-state index contributed by atoms with van der Waals surface area (Å²) < 4.78 is 38.7. The van der Waals surface area contributed by atoms with Crippen LogP contribution >= 0.6 is 11.6 Å². The molecule has 0 unspecified atom stereocenters. The van der Waals surface area contributed by atoms with E-state index in [2.05, 4.69) is 5.32 Å². The Balaban J connectivity index is 2.83. The van der Waals surface area contributed by atoms with Gasteiger partial charge in [0.1, 0.15) is 11.9 Å². The van der Waals surface area contributed by atoms with E-state index in [-0.39, 0.29) is 10.6 Å². The van der Waals surface area contributed by atoms with Crippen molar-refractivity contribution < 1.29 is 22.7 Å². The highest BCUT2D eigenvalue weighted by Crippen LogP contribution is 2.17. The summed E-state index contributed by atoms with van der Waals surface area (Å²) in [6.45, 7) is -0.678. The number of hydrogen-bond acceptors (Lipinski definition) is 4. The Labute approximate surface area is 121 Å². The van der Waals surface area contributed by atoms with Crippen LogP contribution in [0, 0.1) is 5.82 Å². The van der Waals surface area contributed by atoms with Gasteiger partial charge >= 0.3 is 0 Å². The normalized spacial score (nSPS) is 13.0. The van der Waals surface area contributed by atoms with Crippen molar-refractivity contribution in [2.24, 2.45) is 0 Å². The van der Waals surface area contributed by atoms with Gasteiger partial charge in [-0.15, -0.1) is 0 Å². The molecule has 0 saturated heterocycles. The van der Waals surface area contributed by atoms with E-state index in [0.717, 1.165) is 6.07 Å². The Bertz CT molecular complexity index is 594. The van der Waals surface area contributed by atoms with Gasteiger partial charge in [0, 0.05) is 7.05 Å². The van der Waals surface area contributed by atoms with Crippen molar-refractivity contribution in [3.05, 3.63) is 34.6 Å². The summed E-state index contributed by atoms with van der Waals surface area (Å²) in [6.07, 6.45) is 0. The van der Waals surface area contributed by atoms with Crippen LogP contribution in [0.4, 0.5) is 4.39 Å². The summed E-state index contributed by atoms with van der Waals surface area (Å²) in [6, 6.07) is 2.23. The first-order valence-electron chi connectivity index (χ1n) is 5.55. The molecular formula is C11H14ClFN2O4S. The third-order valence-electron chi connectivity index (χ3n) is 2.41. The smallest absolute Gasteiger partial charge is 0.240 e. The van der Waals surface area contributed by atoms with Gasteiger partial charge in [-0.05, 0) is 17.7 Å². The summed E-state index contributed by atoms with van der Waals surface area (Å²) >= 11 is 5.55. The number of sulfonamides is 1. The number of aliphatic hydroxyl groups excluding tert-OH is 1. The lowest BCUT2D eigenvalue weighted by molar-refractivity contribution is -0.123. The molecule has 6 nitrogen and oxygen atoms in total. The molecular weight excluding hydrogens is 311 g/mol. The highest BCUT2D eigenvalue weighted by atomic mass is 35.5. The molecule has 20 heavy (non-hydrogen) atoms. The van der Waals surface area contributed by atoms with Crippen LogP contribution in [0.2, 0.25) is 5.02 Å². The number of carbonyl (C=O) groups excluding carboxylic acids is 1. The standard InChI is InChI=1S/C11H14ClFN2O4S/c1-14-11(17)10(5-16)15-20(18,19)6-7-2-3-9(13)8(12)4-7/h2-4,10,15-16H,5-6H2,1H3,(H,14,17)/t10-/m0/s1. The van der Waals surface area contributed by atoms with Gasteiger partial charge in [0.25, 0.3) is 0 Å². The summed E-state index contributed by atoms with van der Waals surface area (Å²) in [5.41, 5.74) is 0.262. The van der Waals surface area contributed by atoms with Crippen molar-refractivity contribution in [1.82, 2.24) is 10.0 Å². The van der Waals surface area contributed by atoms with Gasteiger partial charge in [-0.2, -0.15) is 0 Å². The number of halogens is 2. The maximum Gasteiger partial charge on any atom is 0.240 e. The van der Waals surface area contributed by atoms with Gasteiger partial charge in [-0.3, -0.25) is 4.79 Å². The summed E-state index contributed by atoms with van der Waals surface area (Å²) in [5.74, 6) is -1.80. The number of carbonyl (C=O) groups is 1. The van der Waals surface area contributed by atoms with Crippen LogP contribution in [0.3, 0.4) is 0 Å². The molecule has 112 valence electrons. The molecule has 0 heterocycles. The van der Waals surface area contributed by atoms with E-state index in [1.807, 2.05) is 4.72 Å². The largest absolute Gasteiger partial charge is 0.394 e. The average Bonchev–Trinajstić information content (AvgIpc) is 2.39. The SMILES string of the molecule is CNC(=O)[C@H](CO)NS(=O)(=O)Cc1ccc(F)c(Cl)c1. The molecule has 1 aromatic rings. The van der Waals surface area contributed by atoms with Crippen molar-refractivity contribution in [1.29, 1.82) is 0 Å². The zero-order chi connectivity index (χ0) is 15.3. The lowest BCUT2D eigenvalue weighted by Gasteiger charge is -2.15. The Kier molecular flexibility index (Phi) is 5.88. The van der Waals surface area contributed by atoms with Crippen molar-refractivity contribution in [2.45, 2.75) is 11.8 Å². The third kappa shape index (κ3) is 4.71. The zero-order valence-corrected chi connectivity index (χ0v) is 12.1. The average molecular weight is 325 g/mol. The third-order valence-corrected chi connectivity index (χ3v) is 4.05. The maximum absolute atomic E-state index is 13.0. The van der Waals surface area contributed by atoms with E-state index in [0.29, 0.717) is 0 Å². The number of likely N-dealkylation sites (N-methyl/N-ethyl adjacent to an activating group) is 1. The van der Waals surface area contributed by atoms with Crippen molar-refractivity contribution in [3.63, 3.8) is 0 Å². The molecule has 0 aliphatic rings. The topological polar surface area (TPSA) is 95.5 Å². The maximum atomic E-state index is 13.0. The molecule has 0 bridgehead atoms. The summed E-state index contributed by atoms with van der Waals surface area (Å²) in [5, 5.41) is 11.0. The summed E-state index contributed by atoms with van der Waals surface area (Å²) in [4.78, 5) is 11.3. The van der Waals surface area contributed by atoms with E-state index in [1.165, 1.54) is 19.2 Å². The van der Waals surface area contributed by atoms with Crippen molar-refractivity contribution >= 4 is 27.5 Å². The number of rotatable bonds is 6. The highest BCUT2D eigenvalue weighted by Gasteiger charge is 2.23. The van der Waals surface area contributed by atoms with Crippen LogP contribution in [0.1, 0.15) is 5.56 Å². The molecule has 1 amide bonds. The highest BCUT2D eigenvalue weighted by molar-refractivity contribution is 7.88. The van der Waals surface area contributed by atoms with Crippen molar-refractivity contribution in [3.8, 4) is 0 Å². The molecule has 9 heteroatoms. The van der Waals surface area contributed by atoms with Gasteiger partial charge in [0.2, 0.25) is 15.9 Å². The second kappa shape index (κ2) is 6.98. The molecule has 3 N–H and O–H groups in total. The van der Waals surface area contributed by atoms with Gasteiger partial charge in [0.15, 0.2) is 0 Å². The fourth-order valence-corrected chi connectivity index (χ4v) is 2.98. The van der Waals surface area contributed by atoms with Crippen LogP contribution in [0.15, 0.2) is 18.2 Å². The van der Waals surface area contributed by atoms with Crippen LogP contribution in [-0.4, -0.2) is 39.1 Å². The fraction of sp³-hybridized carbons (Fsp3) is 0.364. The number of nitrogens with one attached hydrogen (secondary N) is 2. The molecule has 0 fully saturated rings. The van der Waals surface area contributed by atoms with E-state index in [9.17, 15) is 17.6 Å². The van der Waals surface area contributed by atoms with Gasteiger partial charge in [0.05, 0.1) is 17.4 Å². The van der Waals surface area contributed by atoms with Crippen LogP contribution in [0.5, 0.6) is 0 Å². The van der Waals surface area contributed by atoms with E-state index in [1.54, 1.807) is 0 Å². The minimum atomic E-state index is -3.88. The molecule has 0 spiro atoms. The van der Waals surface area contributed by atoms with Gasteiger partial charge < -0.3 is 10.4 Å². The molecule has 0 saturated carbocycles. The summed E-state index contributed by atoms with van der Waals surface area (Å²) in [7, 11) is -2.56. The molecule has 0 aliphatic heterocycles. The Hall–Kier alpha value is -1.22. The lowest BCUT2D eigenvalue weighted by atomic mass is 10.2. The number of aliphatic hydroxyl groups is 1. The second-order valence-corrected chi connectivity index (χ2v) is 6.14. The minimum Gasteiger partial charge on any atom is -0.394 e. The van der Waals surface area contributed by atoms with Gasteiger partial charge in [-0.1, -0.05) is 17.7 Å². The van der Waals surface area contributed by atoms with Crippen LogP contribution in [0.25, 0.3) is 0 Å². The minimum absolute atomic E-state index is 0.192. The molecule has 0 aliphatic carbocycles. The van der Waals surface area contributed by atoms with Crippen LogP contribution in [-0.2, 0) is 20.6 Å². The molecule has 0 aromatic heterocycles. The van der Waals surface area contributed by atoms with Crippen molar-refractivity contribution in [2.75, 3.05) is 13.7 Å². The number of hydrogen-bond donors (Lipinski definition) is 3. The van der Waals surface area contributed by atoms with Crippen LogP contribution < -0.4 is 10.0 Å². The predicted molar refractivity (Wildman–Crippen MR) is 72.1 cm³/mol. The number of benzene rings is 1. The molecule has 1 aromatic carbocycles. The Morgan fingerprint density at radius 2 is 2.15 bits per heavy atom. The monoisotopic (exact) mass is 324 g/mol. The molecule has 1 rings (SSSR count). The lowest BCUT2D eigenvalue weighted by Crippen LogP contribution is -2.48. The van der Waals surface area contributed by atoms with E-state index in [4.69, 9.17) is 16.7 Å². The van der Waals surface area contributed by atoms with Gasteiger partial charge in [-0.25, -0.2) is 17.5 Å². The number of amides is 1. The molecule has 1 atom stereocenters. The zero-order valence-electron chi connectivity index (χ0n) is 10.6. The molecule has 0 radical (unpaired) electrons. The Morgan fingerprint density at radius 3 is 2.65 bits per heavy atom. The van der Waals surface area contributed by atoms with E-state index >= 15 is 0 Å². The Morgan fingerprint density at radius 1 is 1.50 bits per heavy atom. The fourth-order valence-electron chi connectivity index (χ4n) is 1.46. The van der Waals surface area contributed by atoms with E-state index < -0.39 is 40.1 Å². The second-order valence-electron chi connectivity index (χ2n) is 3.97. The first-order chi connectivity index (χ1) is 9.29.